The van der Waals surface area contributed by atoms with Crippen molar-refractivity contribution in [2.24, 2.45) is 0 Å². The first kappa shape index (κ1) is 24.6. The van der Waals surface area contributed by atoms with Crippen LogP contribution in [-0.4, -0.2) is 13.2 Å². The molecule has 0 spiro atoms. The number of unbranched alkanes of at least 4 members (excludes halogenated alkanes) is 10. The maximum Gasteiger partial charge on any atom is 0.287 e. The van der Waals surface area contributed by atoms with Gasteiger partial charge in [0, 0.05) is 0 Å². The van der Waals surface area contributed by atoms with Crippen molar-refractivity contribution >= 4 is 0 Å². The van der Waals surface area contributed by atoms with Gasteiger partial charge in [0.25, 0.3) is 5.95 Å². The largest absolute Gasteiger partial charge is 0.465 e. The van der Waals surface area contributed by atoms with Crippen molar-refractivity contribution in [2.75, 3.05) is 13.2 Å². The fraction of sp³-hybridized carbons (Fsp3) is 0.750. The zero-order chi connectivity index (χ0) is 19.1. The molecule has 0 saturated carbocycles. The second-order valence-corrected chi connectivity index (χ2v) is 6.82. The highest BCUT2D eigenvalue weighted by Crippen LogP contribution is 2.07. The lowest BCUT2D eigenvalue weighted by Gasteiger charge is -2.10. The van der Waals surface area contributed by atoms with Gasteiger partial charge in [0.1, 0.15) is 0 Å². The maximum atomic E-state index is 5.73. The van der Waals surface area contributed by atoms with E-state index in [-0.39, 0.29) is 0 Å². The Balaban J connectivity index is 4.06. The minimum Gasteiger partial charge on any atom is -0.465 e. The molecule has 0 aromatic carbocycles. The summed E-state index contributed by atoms with van der Waals surface area (Å²) in [5.74, 6) is 6.68. The summed E-state index contributed by atoms with van der Waals surface area (Å²) in [5.41, 5.74) is 0. The number of rotatable bonds is 17. The highest BCUT2D eigenvalue weighted by molar-refractivity contribution is 5.23. The molecular formula is C24H42O2. The zero-order valence-corrected chi connectivity index (χ0v) is 17.7. The molecule has 0 heterocycles. The van der Waals surface area contributed by atoms with E-state index in [9.17, 15) is 0 Å². The molecule has 0 aliphatic carbocycles. The standard InChI is InChI=1S/C24H42O2/c1-4-7-10-11-12-13-14-15-16-17-18-21-24(25-22-19-8-5-2)26-23-20-9-6-3/h15-16,21H,4-14,19-20,22-23H2,1-3H3/b16-15+. The molecule has 2 nitrogen and oxygen atoms in total. The van der Waals surface area contributed by atoms with Crippen LogP contribution in [0.4, 0.5) is 0 Å². The van der Waals surface area contributed by atoms with Crippen molar-refractivity contribution in [3.8, 4) is 11.8 Å². The lowest BCUT2D eigenvalue weighted by Crippen LogP contribution is -2.01. The predicted molar refractivity (Wildman–Crippen MR) is 114 cm³/mol. The maximum absolute atomic E-state index is 5.73. The highest BCUT2D eigenvalue weighted by atomic mass is 16.7. The summed E-state index contributed by atoms with van der Waals surface area (Å²) in [6.07, 6.45) is 22.0. The molecule has 0 saturated heterocycles. The Morgan fingerprint density at radius 2 is 1.19 bits per heavy atom. The monoisotopic (exact) mass is 362 g/mol. The second kappa shape index (κ2) is 21.7. The van der Waals surface area contributed by atoms with Gasteiger partial charge in [-0.05, 0) is 31.8 Å². The Bertz CT molecular complexity index is 384. The topological polar surface area (TPSA) is 18.5 Å². The Morgan fingerprint density at radius 1 is 0.654 bits per heavy atom. The van der Waals surface area contributed by atoms with E-state index in [2.05, 4.69) is 38.7 Å². The van der Waals surface area contributed by atoms with Gasteiger partial charge < -0.3 is 9.47 Å². The van der Waals surface area contributed by atoms with Crippen molar-refractivity contribution in [1.82, 2.24) is 0 Å². The van der Waals surface area contributed by atoms with Crippen molar-refractivity contribution in [1.29, 1.82) is 0 Å². The van der Waals surface area contributed by atoms with Crippen LogP contribution in [0, 0.1) is 11.8 Å². The van der Waals surface area contributed by atoms with Gasteiger partial charge >= 0.3 is 0 Å². The minimum absolute atomic E-state index is 0.578. The molecule has 2 heteroatoms. The first-order valence-electron chi connectivity index (χ1n) is 11.0. The van der Waals surface area contributed by atoms with Crippen LogP contribution in [0.1, 0.15) is 104 Å². The molecular weight excluding hydrogens is 320 g/mol. The smallest absolute Gasteiger partial charge is 0.287 e. The van der Waals surface area contributed by atoms with E-state index in [1.807, 2.05) is 6.08 Å². The quantitative estimate of drug-likeness (QED) is 0.151. The van der Waals surface area contributed by atoms with Crippen LogP contribution < -0.4 is 0 Å². The summed E-state index contributed by atoms with van der Waals surface area (Å²) in [5, 5.41) is 0. The highest BCUT2D eigenvalue weighted by Gasteiger charge is 1.98. The molecule has 0 amide bonds. The first-order valence-corrected chi connectivity index (χ1v) is 11.0. The number of ether oxygens (including phenoxy) is 2. The second-order valence-electron chi connectivity index (χ2n) is 6.82. The SMILES string of the molecule is CCCCCCCC/C=C/C#CC=C(OCCCCC)OCCCCC. The molecule has 0 aromatic rings. The molecule has 0 aliphatic rings. The van der Waals surface area contributed by atoms with E-state index in [1.165, 1.54) is 64.2 Å². The molecule has 0 fully saturated rings. The van der Waals surface area contributed by atoms with E-state index >= 15 is 0 Å². The normalized spacial score (nSPS) is 10.4. The Labute approximate surface area is 163 Å². The summed E-state index contributed by atoms with van der Waals surface area (Å²) in [6, 6.07) is 0. The van der Waals surface area contributed by atoms with E-state index < -0.39 is 0 Å². The van der Waals surface area contributed by atoms with Crippen molar-refractivity contribution in [3.05, 3.63) is 24.2 Å². The third-order valence-electron chi connectivity index (χ3n) is 4.18. The van der Waals surface area contributed by atoms with Crippen molar-refractivity contribution in [3.63, 3.8) is 0 Å². The van der Waals surface area contributed by atoms with Gasteiger partial charge in [-0.25, -0.2) is 0 Å². The van der Waals surface area contributed by atoms with Gasteiger partial charge in [-0.15, -0.1) is 0 Å². The van der Waals surface area contributed by atoms with Crippen LogP contribution in [-0.2, 0) is 9.47 Å². The molecule has 26 heavy (non-hydrogen) atoms. The average Bonchev–Trinajstić information content (AvgIpc) is 2.66. The molecule has 150 valence electrons. The van der Waals surface area contributed by atoms with Gasteiger partial charge in [0.2, 0.25) is 0 Å². The summed E-state index contributed by atoms with van der Waals surface area (Å²) in [7, 11) is 0. The van der Waals surface area contributed by atoms with Gasteiger partial charge in [0.15, 0.2) is 0 Å². The summed E-state index contributed by atoms with van der Waals surface area (Å²) < 4.78 is 11.5. The van der Waals surface area contributed by atoms with Crippen LogP contribution >= 0.6 is 0 Å². The lowest BCUT2D eigenvalue weighted by molar-refractivity contribution is 0.0327. The van der Waals surface area contributed by atoms with Crippen LogP contribution in [0.3, 0.4) is 0 Å². The van der Waals surface area contributed by atoms with E-state index in [1.54, 1.807) is 6.08 Å². The lowest BCUT2D eigenvalue weighted by atomic mass is 10.1. The summed E-state index contributed by atoms with van der Waals surface area (Å²) in [6.45, 7) is 8.07. The first-order chi connectivity index (χ1) is 12.8. The summed E-state index contributed by atoms with van der Waals surface area (Å²) in [4.78, 5) is 0. The average molecular weight is 363 g/mol. The molecule has 0 atom stereocenters. The fourth-order valence-corrected chi connectivity index (χ4v) is 2.51. The molecule has 0 N–H and O–H groups in total. The van der Waals surface area contributed by atoms with E-state index in [0.717, 1.165) is 19.3 Å². The zero-order valence-electron chi connectivity index (χ0n) is 17.7. The van der Waals surface area contributed by atoms with Gasteiger partial charge in [0.05, 0.1) is 19.3 Å². The van der Waals surface area contributed by atoms with Gasteiger partial charge in [-0.1, -0.05) is 96.5 Å². The predicted octanol–water partition coefficient (Wildman–Crippen LogP) is 7.55. The Hall–Kier alpha value is -1.36. The number of hydrogen-bond acceptors (Lipinski definition) is 2. The van der Waals surface area contributed by atoms with E-state index in [4.69, 9.17) is 9.47 Å². The van der Waals surface area contributed by atoms with Crippen LogP contribution in [0.15, 0.2) is 24.2 Å². The van der Waals surface area contributed by atoms with Crippen LogP contribution in [0.5, 0.6) is 0 Å². The van der Waals surface area contributed by atoms with Crippen molar-refractivity contribution in [2.45, 2.75) is 104 Å². The van der Waals surface area contributed by atoms with E-state index in [0.29, 0.717) is 19.2 Å². The Morgan fingerprint density at radius 3 is 1.81 bits per heavy atom. The van der Waals surface area contributed by atoms with Gasteiger partial charge in [-0.3, -0.25) is 0 Å². The fourth-order valence-electron chi connectivity index (χ4n) is 2.51. The van der Waals surface area contributed by atoms with Crippen molar-refractivity contribution < 1.29 is 9.47 Å². The minimum atomic E-state index is 0.578. The molecule has 0 rings (SSSR count). The molecule has 0 bridgehead atoms. The molecule has 0 unspecified atom stereocenters. The number of hydrogen-bond donors (Lipinski definition) is 0. The third kappa shape index (κ3) is 19.0. The Kier molecular flexibility index (Phi) is 20.5. The van der Waals surface area contributed by atoms with Gasteiger partial charge in [-0.2, -0.15) is 0 Å². The molecule has 0 aliphatic heterocycles. The third-order valence-corrected chi connectivity index (χ3v) is 4.18. The van der Waals surface area contributed by atoms with Crippen LogP contribution in [0.2, 0.25) is 0 Å². The van der Waals surface area contributed by atoms with Crippen LogP contribution in [0.25, 0.3) is 0 Å². The number of allylic oxidation sites excluding steroid dienone is 3. The molecule has 0 aromatic heterocycles. The molecule has 0 radical (unpaired) electrons. The summed E-state index contributed by atoms with van der Waals surface area (Å²) >= 11 is 0.